The van der Waals surface area contributed by atoms with Crippen molar-refractivity contribution in [3.8, 4) is 0 Å². The Kier molecular flexibility index (Phi) is 5.39. The third-order valence-electron chi connectivity index (χ3n) is 4.22. The molecule has 0 saturated carbocycles. The van der Waals surface area contributed by atoms with Crippen molar-refractivity contribution < 1.29 is 23.7 Å². The average molecular weight is 382 g/mol. The number of aryl methyl sites for hydroxylation is 1. The van der Waals surface area contributed by atoms with Gasteiger partial charge in [0.25, 0.3) is 11.6 Å². The van der Waals surface area contributed by atoms with E-state index in [2.05, 4.69) is 5.32 Å². The van der Waals surface area contributed by atoms with Gasteiger partial charge in [-0.15, -0.1) is 0 Å². The van der Waals surface area contributed by atoms with Gasteiger partial charge in [0.15, 0.2) is 6.61 Å². The van der Waals surface area contributed by atoms with Crippen molar-refractivity contribution in [3.63, 3.8) is 0 Å². The van der Waals surface area contributed by atoms with Crippen LogP contribution in [0.2, 0.25) is 0 Å². The Morgan fingerprint density at radius 2 is 1.96 bits per heavy atom. The molecule has 144 valence electrons. The summed E-state index contributed by atoms with van der Waals surface area (Å²) in [5.74, 6) is -0.743. The predicted octanol–water partition coefficient (Wildman–Crippen LogP) is 3.68. The fourth-order valence-electron chi connectivity index (χ4n) is 2.72. The number of esters is 1. The Morgan fingerprint density at radius 1 is 1.21 bits per heavy atom. The Bertz CT molecular complexity index is 1020. The second-order valence-electron chi connectivity index (χ2n) is 6.31. The number of carbonyl (C=O) groups is 2. The lowest BCUT2D eigenvalue weighted by atomic mass is 10.1. The molecule has 0 fully saturated rings. The first-order valence-electron chi connectivity index (χ1n) is 8.55. The van der Waals surface area contributed by atoms with Crippen molar-refractivity contribution in [1.29, 1.82) is 0 Å². The standard InChI is InChI=1S/C20H18N2O6/c1-12-7-8-15(9-16(12)22(25)26)20(24)27-11-19(23)21-13(2)18-10-14-5-3-4-6-17(14)28-18/h3-10,13H,11H2,1-2H3,(H,21,23)/t13-/m0/s1. The molecule has 0 radical (unpaired) electrons. The summed E-state index contributed by atoms with van der Waals surface area (Å²) in [7, 11) is 0. The second kappa shape index (κ2) is 7.91. The predicted molar refractivity (Wildman–Crippen MR) is 101 cm³/mol. The van der Waals surface area contributed by atoms with Gasteiger partial charge in [0, 0.05) is 17.0 Å². The number of hydrogen-bond donors (Lipinski definition) is 1. The van der Waals surface area contributed by atoms with Gasteiger partial charge in [0.1, 0.15) is 11.3 Å². The number of furan rings is 1. The van der Waals surface area contributed by atoms with Crippen molar-refractivity contribution in [3.05, 3.63) is 75.5 Å². The van der Waals surface area contributed by atoms with Gasteiger partial charge in [0.2, 0.25) is 0 Å². The van der Waals surface area contributed by atoms with Crippen LogP contribution in [-0.4, -0.2) is 23.4 Å². The highest BCUT2D eigenvalue weighted by Crippen LogP contribution is 2.23. The largest absolute Gasteiger partial charge is 0.459 e. The van der Waals surface area contributed by atoms with Gasteiger partial charge in [0.05, 0.1) is 16.5 Å². The van der Waals surface area contributed by atoms with Crippen LogP contribution in [0.5, 0.6) is 0 Å². The first-order valence-corrected chi connectivity index (χ1v) is 8.55. The molecule has 3 rings (SSSR count). The van der Waals surface area contributed by atoms with Crippen molar-refractivity contribution in [2.24, 2.45) is 0 Å². The summed E-state index contributed by atoms with van der Waals surface area (Å²) in [6.45, 7) is 2.81. The maximum atomic E-state index is 12.1. The fourth-order valence-corrected chi connectivity index (χ4v) is 2.72. The lowest BCUT2D eigenvalue weighted by molar-refractivity contribution is -0.385. The number of rotatable bonds is 6. The zero-order chi connectivity index (χ0) is 20.3. The number of benzene rings is 2. The Balaban J connectivity index is 1.58. The third-order valence-corrected chi connectivity index (χ3v) is 4.22. The van der Waals surface area contributed by atoms with E-state index in [1.54, 1.807) is 13.8 Å². The highest BCUT2D eigenvalue weighted by Gasteiger charge is 2.18. The van der Waals surface area contributed by atoms with Crippen molar-refractivity contribution in [1.82, 2.24) is 5.32 Å². The maximum absolute atomic E-state index is 12.1. The molecule has 1 aromatic heterocycles. The number of carbonyl (C=O) groups excluding carboxylic acids is 2. The van der Waals surface area contributed by atoms with Gasteiger partial charge in [-0.05, 0) is 32.0 Å². The van der Waals surface area contributed by atoms with Crippen LogP contribution in [0.25, 0.3) is 11.0 Å². The molecule has 8 heteroatoms. The summed E-state index contributed by atoms with van der Waals surface area (Å²) in [5, 5.41) is 14.6. The summed E-state index contributed by atoms with van der Waals surface area (Å²) in [6, 6.07) is 12.9. The number of para-hydroxylation sites is 1. The zero-order valence-corrected chi connectivity index (χ0v) is 15.3. The van der Waals surface area contributed by atoms with Crippen molar-refractivity contribution in [2.45, 2.75) is 19.9 Å². The number of hydrogen-bond acceptors (Lipinski definition) is 6. The summed E-state index contributed by atoms with van der Waals surface area (Å²) in [5.41, 5.74) is 0.970. The van der Waals surface area contributed by atoms with Crippen LogP contribution in [0.1, 0.15) is 34.6 Å². The van der Waals surface area contributed by atoms with Gasteiger partial charge >= 0.3 is 5.97 Å². The molecule has 3 aromatic rings. The molecule has 0 unspecified atom stereocenters. The van der Waals surface area contributed by atoms with E-state index in [1.165, 1.54) is 12.1 Å². The summed E-state index contributed by atoms with van der Waals surface area (Å²) < 4.78 is 10.6. The number of nitro benzene ring substituents is 1. The number of ether oxygens (including phenoxy) is 1. The first-order chi connectivity index (χ1) is 13.3. The molecule has 0 bridgehead atoms. The summed E-state index contributed by atoms with van der Waals surface area (Å²) in [6.07, 6.45) is 0. The Labute approximate surface area is 160 Å². The molecular weight excluding hydrogens is 364 g/mol. The van der Waals surface area contributed by atoms with E-state index < -0.39 is 29.4 Å². The van der Waals surface area contributed by atoms with E-state index in [1.807, 2.05) is 30.3 Å². The molecule has 8 nitrogen and oxygen atoms in total. The minimum Gasteiger partial charge on any atom is -0.459 e. The fraction of sp³-hybridized carbons (Fsp3) is 0.200. The summed E-state index contributed by atoms with van der Waals surface area (Å²) >= 11 is 0. The van der Waals surface area contributed by atoms with Gasteiger partial charge in [-0.3, -0.25) is 14.9 Å². The average Bonchev–Trinajstić information content (AvgIpc) is 3.10. The van der Waals surface area contributed by atoms with Crippen LogP contribution >= 0.6 is 0 Å². The number of amides is 1. The van der Waals surface area contributed by atoms with Crippen LogP contribution < -0.4 is 5.32 Å². The van der Waals surface area contributed by atoms with E-state index in [0.717, 1.165) is 11.5 Å². The van der Waals surface area contributed by atoms with Crippen LogP contribution in [0, 0.1) is 17.0 Å². The number of nitro groups is 1. The third kappa shape index (κ3) is 4.17. The zero-order valence-electron chi connectivity index (χ0n) is 15.3. The first kappa shape index (κ1) is 19.1. The van der Waals surface area contributed by atoms with E-state index >= 15 is 0 Å². The SMILES string of the molecule is Cc1ccc(C(=O)OCC(=O)N[C@@H](C)c2cc3ccccc3o2)cc1[N+](=O)[O-]. The smallest absolute Gasteiger partial charge is 0.338 e. The van der Waals surface area contributed by atoms with Gasteiger partial charge < -0.3 is 14.5 Å². The molecule has 28 heavy (non-hydrogen) atoms. The highest BCUT2D eigenvalue weighted by atomic mass is 16.6. The molecule has 0 aliphatic heterocycles. The van der Waals surface area contributed by atoms with E-state index in [0.29, 0.717) is 16.9 Å². The van der Waals surface area contributed by atoms with Crippen molar-refractivity contribution >= 4 is 28.5 Å². The topological polar surface area (TPSA) is 112 Å². The molecule has 1 atom stereocenters. The molecule has 0 aliphatic rings. The van der Waals surface area contributed by atoms with Gasteiger partial charge in [-0.1, -0.05) is 24.3 Å². The van der Waals surface area contributed by atoms with E-state index in [4.69, 9.17) is 9.15 Å². The highest BCUT2D eigenvalue weighted by molar-refractivity contribution is 5.92. The molecule has 1 amide bonds. The molecule has 0 saturated heterocycles. The molecule has 2 aromatic carbocycles. The van der Waals surface area contributed by atoms with Crippen LogP contribution in [0.3, 0.4) is 0 Å². The number of nitrogens with one attached hydrogen (secondary N) is 1. The maximum Gasteiger partial charge on any atom is 0.338 e. The summed E-state index contributed by atoms with van der Waals surface area (Å²) in [4.78, 5) is 34.5. The minimum absolute atomic E-state index is 0.00966. The quantitative estimate of drug-likeness (QED) is 0.395. The molecule has 0 spiro atoms. The lowest BCUT2D eigenvalue weighted by Gasteiger charge is -2.11. The number of nitrogens with zero attached hydrogens (tertiary/aromatic N) is 1. The van der Waals surface area contributed by atoms with Crippen LogP contribution in [-0.2, 0) is 9.53 Å². The Hall–Kier alpha value is -3.68. The lowest BCUT2D eigenvalue weighted by Crippen LogP contribution is -2.31. The minimum atomic E-state index is -0.811. The van der Waals surface area contributed by atoms with Crippen LogP contribution in [0.4, 0.5) is 5.69 Å². The molecule has 0 aliphatic carbocycles. The van der Waals surface area contributed by atoms with Crippen molar-refractivity contribution in [2.75, 3.05) is 6.61 Å². The molecule has 1 N–H and O–H groups in total. The second-order valence-corrected chi connectivity index (χ2v) is 6.31. The monoisotopic (exact) mass is 382 g/mol. The number of fused-ring (bicyclic) bond motifs is 1. The normalized spacial score (nSPS) is 11.8. The molecular formula is C20H18N2O6. The Morgan fingerprint density at radius 3 is 2.68 bits per heavy atom. The van der Waals surface area contributed by atoms with Crippen LogP contribution in [0.15, 0.2) is 52.9 Å². The van der Waals surface area contributed by atoms with Gasteiger partial charge in [-0.2, -0.15) is 0 Å². The van der Waals surface area contributed by atoms with Gasteiger partial charge in [-0.25, -0.2) is 4.79 Å². The van der Waals surface area contributed by atoms with E-state index in [9.17, 15) is 19.7 Å². The van der Waals surface area contributed by atoms with E-state index in [-0.39, 0.29) is 11.3 Å². The molecule has 1 heterocycles.